The third kappa shape index (κ3) is 4.27. The highest BCUT2D eigenvalue weighted by atomic mass is 32.2. The molecule has 0 spiro atoms. The van der Waals surface area contributed by atoms with Crippen LogP contribution in [0.15, 0.2) is 71.1 Å². The van der Waals surface area contributed by atoms with Crippen LogP contribution in [0.3, 0.4) is 0 Å². The molecule has 2 aromatic carbocycles. The third-order valence-electron chi connectivity index (χ3n) is 5.62. The van der Waals surface area contributed by atoms with Crippen LogP contribution in [0.4, 0.5) is 30.4 Å². The summed E-state index contributed by atoms with van der Waals surface area (Å²) in [5.74, 6) is 1.16. The van der Waals surface area contributed by atoms with E-state index in [1.807, 2.05) is 47.8 Å². The number of nitrogens with one attached hydrogen (secondary N) is 2. The van der Waals surface area contributed by atoms with Crippen molar-refractivity contribution in [1.29, 1.82) is 0 Å². The molecular weight excluding hydrogens is 475 g/mol. The van der Waals surface area contributed by atoms with Crippen LogP contribution < -0.4 is 9.62 Å². The number of amidine groups is 1. The van der Waals surface area contributed by atoms with Gasteiger partial charge in [-0.1, -0.05) is 35.8 Å². The van der Waals surface area contributed by atoms with Gasteiger partial charge in [0.05, 0.1) is 29.3 Å². The van der Waals surface area contributed by atoms with Gasteiger partial charge in [-0.2, -0.15) is 13.2 Å². The number of halogens is 3. The van der Waals surface area contributed by atoms with Crippen molar-refractivity contribution >= 4 is 50.2 Å². The number of aliphatic imine (C=N–C) groups is 1. The van der Waals surface area contributed by atoms with Crippen LogP contribution in [0, 0.1) is 0 Å². The zero-order valence-corrected chi connectivity index (χ0v) is 19.7. The normalized spacial score (nSPS) is 16.8. The molecular formula is C24H22F3N7S. The number of rotatable bonds is 5. The maximum atomic E-state index is 13.6. The van der Waals surface area contributed by atoms with Gasteiger partial charge in [-0.15, -0.1) is 0 Å². The third-order valence-corrected chi connectivity index (χ3v) is 7.65. The lowest BCUT2D eigenvalue weighted by molar-refractivity contribution is -0.137. The predicted molar refractivity (Wildman–Crippen MR) is 134 cm³/mol. The van der Waals surface area contributed by atoms with Gasteiger partial charge in [0.2, 0.25) is 0 Å². The van der Waals surface area contributed by atoms with Crippen LogP contribution in [0.25, 0.3) is 11.2 Å². The van der Waals surface area contributed by atoms with Gasteiger partial charge >= 0.3 is 6.18 Å². The number of aromatic nitrogens is 4. The maximum absolute atomic E-state index is 13.6. The quantitative estimate of drug-likeness (QED) is 0.322. The molecule has 35 heavy (non-hydrogen) atoms. The number of H-pyrrole nitrogens is 1. The first kappa shape index (κ1) is 23.0. The second-order valence-electron chi connectivity index (χ2n) is 7.76. The number of anilines is 2. The number of alkyl halides is 3. The van der Waals surface area contributed by atoms with Gasteiger partial charge < -0.3 is 10.3 Å². The van der Waals surface area contributed by atoms with Crippen molar-refractivity contribution in [2.45, 2.75) is 37.4 Å². The van der Waals surface area contributed by atoms with Gasteiger partial charge in [-0.05, 0) is 49.0 Å². The van der Waals surface area contributed by atoms with Crippen LogP contribution in [0.1, 0.15) is 25.8 Å². The van der Waals surface area contributed by atoms with Crippen LogP contribution in [0.5, 0.6) is 0 Å². The second kappa shape index (κ2) is 9.14. The van der Waals surface area contributed by atoms with E-state index in [1.165, 1.54) is 24.8 Å². The molecule has 0 fully saturated rings. The number of aromatic amines is 1. The van der Waals surface area contributed by atoms with E-state index in [9.17, 15) is 13.2 Å². The van der Waals surface area contributed by atoms with Crippen molar-refractivity contribution < 1.29 is 13.2 Å². The molecule has 11 heteroatoms. The fourth-order valence-electron chi connectivity index (χ4n) is 3.99. The van der Waals surface area contributed by atoms with E-state index < -0.39 is 22.4 Å². The van der Waals surface area contributed by atoms with E-state index in [0.29, 0.717) is 34.9 Å². The van der Waals surface area contributed by atoms with Crippen molar-refractivity contribution in [2.24, 2.45) is 4.99 Å². The number of hydrogen-bond acceptors (Lipinski definition) is 6. The summed E-state index contributed by atoms with van der Waals surface area (Å²) in [5, 5.41) is 5.42. The van der Waals surface area contributed by atoms with E-state index in [4.69, 9.17) is 4.99 Å². The molecule has 2 atom stereocenters. The summed E-state index contributed by atoms with van der Waals surface area (Å²) < 4.78 is 42.7. The molecule has 180 valence electrons. The fraction of sp³-hybridized carbons (Fsp3) is 0.208. The Balaban J connectivity index is 1.66. The van der Waals surface area contributed by atoms with E-state index in [1.54, 1.807) is 6.07 Å². The highest BCUT2D eigenvalue weighted by Gasteiger charge is 2.34. The molecule has 1 aliphatic rings. The zero-order chi connectivity index (χ0) is 24.6. The Morgan fingerprint density at radius 2 is 1.94 bits per heavy atom. The number of para-hydroxylation sites is 1. The van der Waals surface area contributed by atoms with Crippen molar-refractivity contribution in [2.75, 3.05) is 9.62 Å². The maximum Gasteiger partial charge on any atom is 0.416 e. The number of nitrogens with zero attached hydrogens (tertiary/aromatic N) is 5. The number of hydrogen-bond donors (Lipinski definition) is 2. The Labute approximate surface area is 202 Å². The average Bonchev–Trinajstić information content (AvgIpc) is 3.35. The minimum atomic E-state index is -4.45. The van der Waals surface area contributed by atoms with Gasteiger partial charge in [0.25, 0.3) is 0 Å². The van der Waals surface area contributed by atoms with Gasteiger partial charge in [0.1, 0.15) is 17.7 Å². The van der Waals surface area contributed by atoms with Crippen molar-refractivity contribution in [1.82, 2.24) is 19.9 Å². The lowest BCUT2D eigenvalue weighted by Gasteiger charge is -2.37. The van der Waals surface area contributed by atoms with Gasteiger partial charge in [0, 0.05) is 4.90 Å². The zero-order valence-electron chi connectivity index (χ0n) is 18.9. The van der Waals surface area contributed by atoms with E-state index in [-0.39, 0.29) is 6.04 Å². The molecule has 7 nitrogen and oxygen atoms in total. The first-order valence-corrected chi connectivity index (χ1v) is 12.2. The summed E-state index contributed by atoms with van der Waals surface area (Å²) in [5.41, 5.74) is 1.67. The first-order valence-electron chi connectivity index (χ1n) is 11.0. The lowest BCUT2D eigenvalue weighted by atomic mass is 10.1. The molecule has 4 aromatic rings. The Kier molecular flexibility index (Phi) is 6.01. The smallest absolute Gasteiger partial charge is 0.358 e. The lowest BCUT2D eigenvalue weighted by Crippen LogP contribution is -2.42. The molecule has 2 unspecified atom stereocenters. The molecule has 1 aliphatic heterocycles. The van der Waals surface area contributed by atoms with Gasteiger partial charge in [0.15, 0.2) is 11.5 Å². The van der Waals surface area contributed by atoms with Crippen molar-refractivity contribution in [3.8, 4) is 0 Å². The number of imidazole rings is 1. The largest absolute Gasteiger partial charge is 0.416 e. The number of benzene rings is 2. The molecule has 2 aromatic heterocycles. The monoisotopic (exact) mass is 497 g/mol. The summed E-state index contributed by atoms with van der Waals surface area (Å²) in [7, 11) is -0.663. The molecule has 0 radical (unpaired) electrons. The molecule has 0 amide bonds. The standard InChI is InChI=1S/C24H22F3N7S/c1-3-17(32-22-20-21(29-13-28-20)30-14-31-22)23-33-18-10-5-6-11-19(18)35(4-2)34(23)16-9-7-8-15(12-16)24(25,26)27/h4-14,17H,3H2,1-2H3,(H2,28,29,30,31,32). The molecule has 0 saturated heterocycles. The average molecular weight is 498 g/mol. The Morgan fingerprint density at radius 1 is 1.11 bits per heavy atom. The molecule has 0 saturated carbocycles. The Bertz CT molecular complexity index is 1440. The fourth-order valence-corrected chi connectivity index (χ4v) is 5.91. The second-order valence-corrected chi connectivity index (χ2v) is 9.66. The molecule has 0 aliphatic carbocycles. The molecule has 3 heterocycles. The van der Waals surface area contributed by atoms with Crippen LogP contribution >= 0.6 is 10.7 Å². The minimum Gasteiger partial charge on any atom is -0.358 e. The SMILES string of the molecule is C/C=S1\c2ccccc2N=C(C(CC)Nc2ncnc3nc[nH]c23)N1c1cccc(C(F)(F)F)c1. The van der Waals surface area contributed by atoms with Gasteiger partial charge in [-0.25, -0.2) is 19.9 Å². The van der Waals surface area contributed by atoms with E-state index in [0.717, 1.165) is 16.6 Å². The van der Waals surface area contributed by atoms with E-state index in [2.05, 4.69) is 25.3 Å². The van der Waals surface area contributed by atoms with E-state index >= 15 is 0 Å². The number of fused-ring (bicyclic) bond motifs is 2. The topological polar surface area (TPSA) is 82.1 Å². The van der Waals surface area contributed by atoms with Crippen LogP contribution in [-0.4, -0.2) is 37.2 Å². The Morgan fingerprint density at radius 3 is 2.71 bits per heavy atom. The van der Waals surface area contributed by atoms with Gasteiger partial charge in [-0.3, -0.25) is 4.31 Å². The summed E-state index contributed by atoms with van der Waals surface area (Å²) in [4.78, 5) is 21.6. The molecule has 0 bridgehead atoms. The molecule has 5 rings (SSSR count). The highest BCUT2D eigenvalue weighted by Crippen LogP contribution is 2.46. The summed E-state index contributed by atoms with van der Waals surface area (Å²) in [6, 6.07) is 12.7. The van der Waals surface area contributed by atoms with Crippen molar-refractivity contribution in [3.05, 3.63) is 66.7 Å². The molecule has 2 N–H and O–H groups in total. The highest BCUT2D eigenvalue weighted by molar-refractivity contribution is 8.17. The minimum absolute atomic E-state index is 0.353. The summed E-state index contributed by atoms with van der Waals surface area (Å²) >= 11 is 0. The first-order chi connectivity index (χ1) is 16.9. The predicted octanol–water partition coefficient (Wildman–Crippen LogP) is 6.18. The summed E-state index contributed by atoms with van der Waals surface area (Å²) in [6.45, 7) is 3.90. The van der Waals surface area contributed by atoms with Crippen LogP contribution in [-0.2, 0) is 6.18 Å². The summed E-state index contributed by atoms with van der Waals surface area (Å²) in [6.07, 6.45) is -0.883. The van der Waals surface area contributed by atoms with Crippen LogP contribution in [0.2, 0.25) is 0 Å². The van der Waals surface area contributed by atoms with Crippen molar-refractivity contribution in [3.63, 3.8) is 0 Å². The Hall–Kier alpha value is -3.73.